The van der Waals surface area contributed by atoms with Gasteiger partial charge in [-0.05, 0) is 71.8 Å². The summed E-state index contributed by atoms with van der Waals surface area (Å²) in [5, 5.41) is 6.21. The SMILES string of the molecule is CCC(=O)O[C@@H](CC(=O)NC1[C@H](OCC2O[C@@H](O[Si](C)(C)C(C)(C)C(C)C)C(NC(=O)C[C@@H](CC(C)C)OCc3ccccc3)[C@@H](OC(=O)C[C@@H](CC)OCc3ccccc3)[C@@H]2OCc2ccccc2)OC2COC(c3ccccc3)O[C@H]2[C@@H]1C)CC(C)C. The topological polar surface area (TPSA) is 194 Å². The molecule has 2 amide bonds. The van der Waals surface area contributed by atoms with Crippen molar-refractivity contribution in [3.05, 3.63) is 144 Å². The molecular weight excluding hydrogens is 1150 g/mol. The molecule has 18 heteroatoms. The first-order valence-electron chi connectivity index (χ1n) is 32.4. The van der Waals surface area contributed by atoms with E-state index in [0.717, 1.165) is 22.3 Å². The molecule has 0 aliphatic carbocycles. The van der Waals surface area contributed by atoms with Crippen molar-refractivity contribution in [3.63, 3.8) is 0 Å². The normalized spacial score (nSPS) is 25.0. The van der Waals surface area contributed by atoms with Gasteiger partial charge in [-0.25, -0.2) is 0 Å². The average Bonchev–Trinajstić information content (AvgIpc) is 0.873. The van der Waals surface area contributed by atoms with Gasteiger partial charge in [-0.1, -0.05) is 197 Å². The van der Waals surface area contributed by atoms with Crippen LogP contribution >= 0.6 is 0 Å². The molecule has 3 fully saturated rings. The maximum atomic E-state index is 15.1. The van der Waals surface area contributed by atoms with Crippen molar-refractivity contribution in [2.45, 2.75) is 239 Å². The molecule has 89 heavy (non-hydrogen) atoms. The van der Waals surface area contributed by atoms with Gasteiger partial charge < -0.3 is 62.4 Å². The van der Waals surface area contributed by atoms with Crippen molar-refractivity contribution < 1.29 is 71.0 Å². The van der Waals surface area contributed by atoms with Gasteiger partial charge in [0.25, 0.3) is 0 Å². The lowest BCUT2D eigenvalue weighted by Crippen LogP contribution is -2.69. The summed E-state index contributed by atoms with van der Waals surface area (Å²) in [6.07, 6.45) is -7.69. The number of hydrogen-bond donors (Lipinski definition) is 2. The highest BCUT2D eigenvalue weighted by Crippen LogP contribution is 2.46. The van der Waals surface area contributed by atoms with Crippen LogP contribution in [0.2, 0.25) is 18.1 Å². The predicted octanol–water partition coefficient (Wildman–Crippen LogP) is 12.5. The van der Waals surface area contributed by atoms with Gasteiger partial charge in [0.2, 0.25) is 11.8 Å². The van der Waals surface area contributed by atoms with E-state index in [2.05, 4.69) is 65.3 Å². The van der Waals surface area contributed by atoms with Crippen molar-refractivity contribution in [2.75, 3.05) is 13.2 Å². The minimum atomic E-state index is -2.90. The van der Waals surface area contributed by atoms with Gasteiger partial charge in [-0.2, -0.15) is 0 Å². The van der Waals surface area contributed by atoms with Crippen LogP contribution in [0.4, 0.5) is 0 Å². The third kappa shape index (κ3) is 21.1. The Morgan fingerprint density at radius 3 is 1.69 bits per heavy atom. The monoisotopic (exact) mass is 1250 g/mol. The molecule has 0 saturated carbocycles. The van der Waals surface area contributed by atoms with Crippen molar-refractivity contribution >= 4 is 32.1 Å². The highest BCUT2D eigenvalue weighted by Gasteiger charge is 2.56. The van der Waals surface area contributed by atoms with Crippen LogP contribution in [0.15, 0.2) is 121 Å². The van der Waals surface area contributed by atoms with Gasteiger partial charge in [0.05, 0.1) is 76.7 Å². The molecular formula is C71H102N2O15Si. The standard InChI is InChI=1S/C71H102N2O15Si/c1-14-54(78-41-50-28-20-16-21-29-50)40-62(77)86-67-64(73-59(74)38-55(36-46(3)4)79-42-51-30-22-17-23-31-51)70(88-89(12,13)71(10,11)48(7)8)85-58(66(67)80-43-52-32-24-18-25-33-52)45-82-69-63(72-60(75)39-56(37-47(5)6)83-61(76)15-2)49(9)65-57(84-69)44-81-68(87-65)53-34-26-19-27-35-53/h16-35,46-49,54-58,63-70H,14-15,36-45H2,1-13H3,(H,72,75)(H,73,74)/t49-,54-,55-,56-,57?,58?,63?,64?,65+,66-,67-,68?,69-,70+/m1/s1. The summed E-state index contributed by atoms with van der Waals surface area (Å²) >= 11 is 0. The number of esters is 2. The van der Waals surface area contributed by atoms with E-state index in [4.69, 9.17) is 51.8 Å². The second-order valence-electron chi connectivity index (χ2n) is 26.4. The first-order valence-corrected chi connectivity index (χ1v) is 35.3. The molecule has 490 valence electrons. The van der Waals surface area contributed by atoms with Crippen LogP contribution in [0.1, 0.15) is 150 Å². The number of amides is 2. The van der Waals surface area contributed by atoms with Gasteiger partial charge in [0.15, 0.2) is 33.3 Å². The molecule has 3 aliphatic heterocycles. The molecule has 17 nitrogen and oxygen atoms in total. The van der Waals surface area contributed by atoms with Crippen LogP contribution in [-0.2, 0) is 90.8 Å². The molecule has 3 aliphatic rings. The van der Waals surface area contributed by atoms with Gasteiger partial charge in [0.1, 0.15) is 30.5 Å². The lowest BCUT2D eigenvalue weighted by atomic mass is 9.87. The Labute approximate surface area is 530 Å². The van der Waals surface area contributed by atoms with E-state index >= 15 is 4.79 Å². The fourth-order valence-electron chi connectivity index (χ4n) is 11.6. The number of carbonyl (C=O) groups is 4. The van der Waals surface area contributed by atoms with Crippen LogP contribution < -0.4 is 10.6 Å². The third-order valence-electron chi connectivity index (χ3n) is 17.9. The number of rotatable bonds is 33. The van der Waals surface area contributed by atoms with Gasteiger partial charge in [-0.15, -0.1) is 0 Å². The van der Waals surface area contributed by atoms with E-state index in [9.17, 15) is 14.4 Å². The van der Waals surface area contributed by atoms with Crippen molar-refractivity contribution in [2.24, 2.45) is 23.7 Å². The zero-order chi connectivity index (χ0) is 64.3. The highest BCUT2D eigenvalue weighted by molar-refractivity contribution is 6.74. The van der Waals surface area contributed by atoms with Crippen LogP contribution in [0.5, 0.6) is 0 Å². The molecule has 4 aromatic rings. The Bertz CT molecular complexity index is 2760. The van der Waals surface area contributed by atoms with Gasteiger partial charge >= 0.3 is 11.9 Å². The third-order valence-corrected chi connectivity index (χ3v) is 22.4. The van der Waals surface area contributed by atoms with E-state index < -0.39 is 106 Å². The molecule has 14 atom stereocenters. The number of ether oxygens (including phenoxy) is 10. The Morgan fingerprint density at radius 2 is 1.13 bits per heavy atom. The molecule has 2 N–H and O–H groups in total. The fourth-order valence-corrected chi connectivity index (χ4v) is 14.1. The van der Waals surface area contributed by atoms with Crippen molar-refractivity contribution in [3.8, 4) is 0 Å². The minimum Gasteiger partial charge on any atom is -0.462 e. The molecule has 3 saturated heterocycles. The molecule has 0 bridgehead atoms. The minimum absolute atomic E-state index is 0.00816. The maximum Gasteiger partial charge on any atom is 0.308 e. The number of hydrogen-bond acceptors (Lipinski definition) is 15. The molecule has 3 heterocycles. The predicted molar refractivity (Wildman–Crippen MR) is 342 cm³/mol. The van der Waals surface area contributed by atoms with E-state index in [1.807, 2.05) is 149 Å². The summed E-state index contributed by atoms with van der Waals surface area (Å²) in [5.74, 6) is -1.59. The quantitative estimate of drug-likeness (QED) is 0.0338. The first-order chi connectivity index (χ1) is 42.5. The first kappa shape index (κ1) is 71.1. The Kier molecular flexibility index (Phi) is 27.4. The summed E-state index contributed by atoms with van der Waals surface area (Å²) in [6, 6.07) is 37.0. The van der Waals surface area contributed by atoms with Crippen LogP contribution in [0.25, 0.3) is 0 Å². The van der Waals surface area contributed by atoms with Crippen molar-refractivity contribution in [1.82, 2.24) is 10.6 Å². The highest BCUT2D eigenvalue weighted by atomic mass is 28.4. The summed E-state index contributed by atoms with van der Waals surface area (Å²) in [7, 11) is -2.90. The van der Waals surface area contributed by atoms with Crippen LogP contribution in [-0.4, -0.2) is 119 Å². The second-order valence-corrected chi connectivity index (χ2v) is 31.0. The summed E-state index contributed by atoms with van der Waals surface area (Å²) in [4.78, 5) is 57.1. The lowest BCUT2D eigenvalue weighted by Gasteiger charge is -2.51. The Hall–Kier alpha value is -5.38. The number of nitrogens with one attached hydrogen (secondary N) is 2. The smallest absolute Gasteiger partial charge is 0.308 e. The van der Waals surface area contributed by atoms with Crippen LogP contribution in [0, 0.1) is 23.7 Å². The second kappa shape index (κ2) is 34.3. The Balaban J connectivity index is 1.28. The largest absolute Gasteiger partial charge is 0.462 e. The van der Waals surface area contributed by atoms with E-state index in [1.54, 1.807) is 6.92 Å². The zero-order valence-corrected chi connectivity index (χ0v) is 56.0. The Morgan fingerprint density at radius 1 is 0.607 bits per heavy atom. The van der Waals surface area contributed by atoms with Gasteiger partial charge in [-0.3, -0.25) is 19.2 Å². The lowest BCUT2D eigenvalue weighted by molar-refractivity contribution is -0.342. The molecule has 4 aromatic carbocycles. The fraction of sp³-hybridized carbons (Fsp3) is 0.606. The molecule has 7 rings (SSSR count). The van der Waals surface area contributed by atoms with E-state index in [0.29, 0.717) is 25.9 Å². The van der Waals surface area contributed by atoms with E-state index in [1.165, 1.54) is 0 Å². The van der Waals surface area contributed by atoms with E-state index in [-0.39, 0.29) is 86.7 Å². The molecule has 0 spiro atoms. The number of fused-ring (bicyclic) bond motifs is 1. The average molecular weight is 1250 g/mol. The van der Waals surface area contributed by atoms with Crippen molar-refractivity contribution in [1.29, 1.82) is 0 Å². The maximum absolute atomic E-state index is 15.1. The number of carbonyl (C=O) groups excluding carboxylic acids is 4. The van der Waals surface area contributed by atoms with Gasteiger partial charge in [0, 0.05) is 17.9 Å². The van der Waals surface area contributed by atoms with Crippen LogP contribution in [0.3, 0.4) is 0 Å². The molecule has 5 unspecified atom stereocenters. The molecule has 0 radical (unpaired) electrons. The summed E-state index contributed by atoms with van der Waals surface area (Å²) < 4.78 is 74.2. The number of benzene rings is 4. The zero-order valence-electron chi connectivity index (χ0n) is 55.0. The molecule has 0 aromatic heterocycles. The summed E-state index contributed by atoms with van der Waals surface area (Å²) in [6.45, 7) is 27.5. The summed E-state index contributed by atoms with van der Waals surface area (Å²) in [5.41, 5.74) is 3.62.